The second-order valence-corrected chi connectivity index (χ2v) is 9.60. The van der Waals surface area contributed by atoms with E-state index in [9.17, 15) is 9.59 Å². The summed E-state index contributed by atoms with van der Waals surface area (Å²) in [7, 11) is 1.96. The van der Waals surface area contributed by atoms with E-state index >= 15 is 0 Å². The molecule has 3 aliphatic rings. The number of hydrogen-bond acceptors (Lipinski definition) is 3. The summed E-state index contributed by atoms with van der Waals surface area (Å²) in [4.78, 5) is 28.9. The van der Waals surface area contributed by atoms with E-state index in [0.717, 1.165) is 49.9 Å². The van der Waals surface area contributed by atoms with Gasteiger partial charge in [0.1, 0.15) is 0 Å². The van der Waals surface area contributed by atoms with Crippen LogP contribution in [0.15, 0.2) is 0 Å². The van der Waals surface area contributed by atoms with Crippen molar-refractivity contribution in [3.05, 3.63) is 0 Å². The van der Waals surface area contributed by atoms with E-state index in [1.807, 2.05) is 11.9 Å². The van der Waals surface area contributed by atoms with Crippen LogP contribution in [-0.4, -0.2) is 52.9 Å². The summed E-state index contributed by atoms with van der Waals surface area (Å²) in [5.74, 6) is 2.64. The van der Waals surface area contributed by atoms with Crippen molar-refractivity contribution >= 4 is 22.9 Å². The molecule has 0 N–H and O–H groups in total. The Labute approximate surface area is 163 Å². The summed E-state index contributed by atoms with van der Waals surface area (Å²) in [5.41, 5.74) is 0. The van der Waals surface area contributed by atoms with Crippen LogP contribution in [0.1, 0.15) is 77.0 Å². The molecule has 1 aliphatic heterocycles. The minimum Gasteiger partial charge on any atom is -0.343 e. The summed E-state index contributed by atoms with van der Waals surface area (Å²) in [6.07, 6.45) is 14.1. The minimum absolute atomic E-state index is 0.238. The number of carbonyl (C=O) groups is 2. The van der Waals surface area contributed by atoms with Crippen LogP contribution in [0.3, 0.4) is 0 Å². The molecule has 2 aliphatic carbocycles. The number of piperidine rings is 1. The fraction of sp³-hybridized carbons (Fsp3) is 0.905. The molecule has 2 atom stereocenters. The molecule has 2 amide bonds. The van der Waals surface area contributed by atoms with Gasteiger partial charge < -0.3 is 9.80 Å². The lowest BCUT2D eigenvalue weighted by Crippen LogP contribution is -2.43. The minimum atomic E-state index is 0.238. The number of rotatable bonds is 5. The molecule has 26 heavy (non-hydrogen) atoms. The topological polar surface area (TPSA) is 40.6 Å². The smallest absolute Gasteiger partial charge is 0.281 e. The van der Waals surface area contributed by atoms with E-state index in [0.29, 0.717) is 12.5 Å². The second kappa shape index (κ2) is 10.0. The van der Waals surface area contributed by atoms with Gasteiger partial charge in [-0.1, -0.05) is 50.3 Å². The van der Waals surface area contributed by atoms with Crippen LogP contribution in [0.2, 0.25) is 0 Å². The third kappa shape index (κ3) is 5.40. The van der Waals surface area contributed by atoms with Gasteiger partial charge >= 0.3 is 0 Å². The van der Waals surface area contributed by atoms with E-state index in [1.165, 1.54) is 63.1 Å². The van der Waals surface area contributed by atoms with E-state index in [2.05, 4.69) is 4.90 Å². The number of amides is 2. The first-order valence-corrected chi connectivity index (χ1v) is 11.8. The van der Waals surface area contributed by atoms with Gasteiger partial charge in [0.05, 0.1) is 0 Å². The standard InChI is InChI=1S/C21H36N2O2S/c1-22(19-10-3-2-4-11-19)20(24)12-7-15-26-21(25)23-14-13-17-8-5-6-9-18(17)16-23/h17-19H,2-16H2,1H3. The van der Waals surface area contributed by atoms with Gasteiger partial charge in [-0.15, -0.1) is 0 Å². The number of nitrogens with zero attached hydrogens (tertiary/aromatic N) is 2. The highest BCUT2D eigenvalue weighted by Crippen LogP contribution is 2.36. The SMILES string of the molecule is CN(C(=O)CCCSC(=O)N1CCC2CCCCC2C1)C1CCCCC1. The zero-order valence-electron chi connectivity index (χ0n) is 16.5. The molecule has 148 valence electrons. The third-order valence-corrected chi connectivity index (χ3v) is 7.82. The Morgan fingerprint density at radius 3 is 2.42 bits per heavy atom. The van der Waals surface area contributed by atoms with Gasteiger partial charge in [-0.05, 0) is 43.9 Å². The Bertz CT molecular complexity index is 479. The zero-order valence-corrected chi connectivity index (χ0v) is 17.3. The highest BCUT2D eigenvalue weighted by Gasteiger charge is 2.32. The molecular formula is C21H36N2O2S. The largest absolute Gasteiger partial charge is 0.343 e. The summed E-state index contributed by atoms with van der Waals surface area (Å²) < 4.78 is 0. The van der Waals surface area contributed by atoms with E-state index in [-0.39, 0.29) is 11.1 Å². The van der Waals surface area contributed by atoms with Crippen molar-refractivity contribution in [3.63, 3.8) is 0 Å². The Kier molecular flexibility index (Phi) is 7.71. The number of likely N-dealkylation sites (tertiary alicyclic amines) is 1. The Hall–Kier alpha value is -0.710. The number of hydrogen-bond donors (Lipinski definition) is 0. The van der Waals surface area contributed by atoms with Crippen LogP contribution in [0.25, 0.3) is 0 Å². The number of fused-ring (bicyclic) bond motifs is 1. The first-order valence-electron chi connectivity index (χ1n) is 10.8. The lowest BCUT2D eigenvalue weighted by molar-refractivity contribution is -0.132. The van der Waals surface area contributed by atoms with Gasteiger partial charge in [-0.25, -0.2) is 0 Å². The highest BCUT2D eigenvalue weighted by molar-refractivity contribution is 8.13. The first-order chi connectivity index (χ1) is 12.6. The van der Waals surface area contributed by atoms with E-state index in [1.54, 1.807) is 0 Å². The molecule has 0 aromatic carbocycles. The molecule has 1 saturated heterocycles. The summed E-state index contributed by atoms with van der Waals surface area (Å²) in [6, 6.07) is 0.447. The quantitative estimate of drug-likeness (QED) is 0.635. The van der Waals surface area contributed by atoms with Gasteiger partial charge in [0.2, 0.25) is 5.91 Å². The van der Waals surface area contributed by atoms with E-state index < -0.39 is 0 Å². The Morgan fingerprint density at radius 1 is 0.962 bits per heavy atom. The maximum atomic E-state index is 12.5. The average molecular weight is 381 g/mol. The van der Waals surface area contributed by atoms with Crippen molar-refractivity contribution in [2.45, 2.75) is 83.1 Å². The normalized spacial score (nSPS) is 27.0. The molecule has 3 rings (SSSR count). The van der Waals surface area contributed by atoms with Crippen LogP contribution in [-0.2, 0) is 4.79 Å². The predicted octanol–water partition coefficient (Wildman–Crippen LogP) is 4.92. The molecule has 5 heteroatoms. The van der Waals surface area contributed by atoms with Gasteiger partial charge in [-0.2, -0.15) is 0 Å². The molecular weight excluding hydrogens is 344 g/mol. The monoisotopic (exact) mass is 380 g/mol. The maximum Gasteiger partial charge on any atom is 0.281 e. The Balaban J connectivity index is 1.31. The number of thioether (sulfide) groups is 1. The molecule has 0 spiro atoms. The number of carbonyl (C=O) groups excluding carboxylic acids is 2. The van der Waals surface area contributed by atoms with Crippen molar-refractivity contribution in [1.82, 2.24) is 9.80 Å². The molecule has 4 nitrogen and oxygen atoms in total. The van der Waals surface area contributed by atoms with Gasteiger partial charge in [0, 0.05) is 38.4 Å². The van der Waals surface area contributed by atoms with Crippen molar-refractivity contribution in [3.8, 4) is 0 Å². The highest BCUT2D eigenvalue weighted by atomic mass is 32.2. The van der Waals surface area contributed by atoms with Crippen LogP contribution < -0.4 is 0 Å². The zero-order chi connectivity index (χ0) is 18.4. The van der Waals surface area contributed by atoms with Gasteiger partial charge in [-0.3, -0.25) is 9.59 Å². The summed E-state index contributed by atoms with van der Waals surface area (Å²) >= 11 is 1.43. The summed E-state index contributed by atoms with van der Waals surface area (Å²) in [6.45, 7) is 1.91. The maximum absolute atomic E-state index is 12.5. The van der Waals surface area contributed by atoms with Crippen LogP contribution >= 0.6 is 11.8 Å². The molecule has 0 aromatic heterocycles. The van der Waals surface area contributed by atoms with Crippen molar-refractivity contribution in [1.29, 1.82) is 0 Å². The van der Waals surface area contributed by atoms with Crippen molar-refractivity contribution in [2.75, 3.05) is 25.9 Å². The molecule has 2 saturated carbocycles. The first kappa shape index (κ1) is 20.0. The van der Waals surface area contributed by atoms with Crippen LogP contribution in [0.4, 0.5) is 4.79 Å². The third-order valence-electron chi connectivity index (χ3n) is 6.83. The fourth-order valence-electron chi connectivity index (χ4n) is 5.09. The average Bonchev–Trinajstić information content (AvgIpc) is 2.70. The van der Waals surface area contributed by atoms with Crippen LogP contribution in [0.5, 0.6) is 0 Å². The lowest BCUT2D eigenvalue weighted by atomic mass is 9.75. The molecule has 0 bridgehead atoms. The van der Waals surface area contributed by atoms with Gasteiger partial charge in [0.25, 0.3) is 5.24 Å². The molecule has 0 radical (unpaired) electrons. The van der Waals surface area contributed by atoms with E-state index in [4.69, 9.17) is 0 Å². The lowest BCUT2D eigenvalue weighted by Gasteiger charge is -2.41. The molecule has 1 heterocycles. The summed E-state index contributed by atoms with van der Waals surface area (Å²) in [5, 5.41) is 0.238. The van der Waals surface area contributed by atoms with Crippen molar-refractivity contribution in [2.24, 2.45) is 11.8 Å². The molecule has 2 unspecified atom stereocenters. The molecule has 3 fully saturated rings. The van der Waals surface area contributed by atoms with Crippen LogP contribution in [0, 0.1) is 11.8 Å². The second-order valence-electron chi connectivity index (χ2n) is 8.55. The fourth-order valence-corrected chi connectivity index (χ4v) is 5.90. The molecule has 0 aromatic rings. The van der Waals surface area contributed by atoms with Crippen molar-refractivity contribution < 1.29 is 9.59 Å². The van der Waals surface area contributed by atoms with Gasteiger partial charge in [0.15, 0.2) is 0 Å². The predicted molar refractivity (Wildman–Crippen MR) is 108 cm³/mol. The Morgan fingerprint density at radius 2 is 1.65 bits per heavy atom.